The lowest BCUT2D eigenvalue weighted by Crippen LogP contribution is -2.24. The zero-order chi connectivity index (χ0) is 17.6. The molecule has 0 unspecified atom stereocenters. The zero-order valence-corrected chi connectivity index (χ0v) is 14.1. The molecule has 1 aliphatic heterocycles. The highest BCUT2D eigenvalue weighted by Crippen LogP contribution is 2.16. The molecule has 0 atom stereocenters. The van der Waals surface area contributed by atoms with Gasteiger partial charge in [0.15, 0.2) is 5.76 Å². The molecule has 1 fully saturated rings. The van der Waals surface area contributed by atoms with Crippen LogP contribution in [0.3, 0.4) is 0 Å². The lowest BCUT2D eigenvalue weighted by atomic mass is 10.2. The summed E-state index contributed by atoms with van der Waals surface area (Å²) in [4.78, 5) is 29.3. The molecule has 132 valence electrons. The number of carbonyl (C=O) groups excluding carboxylic acids is 2. The van der Waals surface area contributed by atoms with Crippen molar-refractivity contribution < 1.29 is 18.8 Å². The molecule has 2 amide bonds. The molecule has 7 heteroatoms. The maximum Gasteiger partial charge on any atom is 0.291 e. The van der Waals surface area contributed by atoms with Gasteiger partial charge in [0.1, 0.15) is 5.76 Å². The zero-order valence-electron chi connectivity index (χ0n) is 14.1. The molecular weight excluding hydrogens is 322 g/mol. The minimum absolute atomic E-state index is 0.0710. The van der Waals surface area contributed by atoms with E-state index in [2.05, 4.69) is 10.6 Å². The van der Waals surface area contributed by atoms with E-state index in [-0.39, 0.29) is 17.6 Å². The van der Waals surface area contributed by atoms with E-state index in [4.69, 9.17) is 9.25 Å². The first-order valence-corrected chi connectivity index (χ1v) is 8.26. The summed E-state index contributed by atoms with van der Waals surface area (Å²) in [6.45, 7) is 3.97. The third kappa shape index (κ3) is 4.91. The summed E-state index contributed by atoms with van der Waals surface area (Å²) >= 11 is 0. The lowest BCUT2D eigenvalue weighted by Gasteiger charge is -2.13. The molecule has 0 saturated carbocycles. The number of nitrogens with zero attached hydrogens (tertiary/aromatic N) is 1. The summed E-state index contributed by atoms with van der Waals surface area (Å²) in [5.74, 6) is 0.565. The molecular formula is C18H21N3O4. The Labute approximate surface area is 145 Å². The number of furan rings is 1. The van der Waals surface area contributed by atoms with Crippen LogP contribution < -0.4 is 10.6 Å². The second-order valence-corrected chi connectivity index (χ2v) is 5.86. The molecule has 1 aromatic carbocycles. The van der Waals surface area contributed by atoms with Crippen LogP contribution in [0.4, 0.5) is 11.4 Å². The smallest absolute Gasteiger partial charge is 0.291 e. The van der Waals surface area contributed by atoms with Crippen LogP contribution in [0.5, 0.6) is 0 Å². The summed E-state index contributed by atoms with van der Waals surface area (Å²) in [5.41, 5.74) is 1.31. The quantitative estimate of drug-likeness (QED) is 0.843. The third-order valence-electron chi connectivity index (χ3n) is 3.80. The number of carbonyl (C=O) groups is 2. The Morgan fingerprint density at radius 1 is 1.08 bits per heavy atom. The summed E-state index contributed by atoms with van der Waals surface area (Å²) in [5, 5.41) is 7.39. The topological polar surface area (TPSA) is 83.8 Å². The third-order valence-corrected chi connectivity index (χ3v) is 3.80. The van der Waals surface area contributed by atoms with Crippen molar-refractivity contribution >= 4 is 23.2 Å². The maximum atomic E-state index is 12.0. The highest BCUT2D eigenvalue weighted by atomic mass is 16.7. The molecule has 1 aliphatic rings. The highest BCUT2D eigenvalue weighted by molar-refractivity contribution is 6.02. The van der Waals surface area contributed by atoms with Crippen LogP contribution in [-0.4, -0.2) is 36.6 Å². The van der Waals surface area contributed by atoms with Crippen molar-refractivity contribution in [1.29, 1.82) is 0 Å². The molecule has 0 bridgehead atoms. The van der Waals surface area contributed by atoms with E-state index in [0.29, 0.717) is 30.1 Å². The highest BCUT2D eigenvalue weighted by Gasteiger charge is 2.14. The van der Waals surface area contributed by atoms with Gasteiger partial charge in [-0.25, -0.2) is 0 Å². The molecule has 1 aromatic heterocycles. The minimum atomic E-state index is -0.310. The Morgan fingerprint density at radius 2 is 1.80 bits per heavy atom. The molecule has 2 aromatic rings. The Morgan fingerprint density at radius 3 is 2.40 bits per heavy atom. The first kappa shape index (κ1) is 17.2. The fourth-order valence-corrected chi connectivity index (χ4v) is 2.51. The number of anilines is 2. The summed E-state index contributed by atoms with van der Waals surface area (Å²) in [6, 6.07) is 10.3. The Balaban J connectivity index is 1.48. The molecule has 0 aliphatic carbocycles. The van der Waals surface area contributed by atoms with Crippen LogP contribution in [0.1, 0.15) is 29.2 Å². The van der Waals surface area contributed by atoms with Crippen LogP contribution in [0, 0.1) is 6.92 Å². The van der Waals surface area contributed by atoms with Gasteiger partial charge in [-0.1, -0.05) is 0 Å². The van der Waals surface area contributed by atoms with Crippen molar-refractivity contribution in [3.63, 3.8) is 0 Å². The molecule has 3 rings (SSSR count). The number of hydroxylamine groups is 2. The van der Waals surface area contributed by atoms with Gasteiger partial charge in [-0.15, -0.1) is 0 Å². The summed E-state index contributed by atoms with van der Waals surface area (Å²) < 4.78 is 5.28. The second-order valence-electron chi connectivity index (χ2n) is 5.86. The van der Waals surface area contributed by atoms with Crippen LogP contribution >= 0.6 is 0 Å². The average molecular weight is 343 g/mol. The van der Waals surface area contributed by atoms with Gasteiger partial charge < -0.3 is 15.1 Å². The molecule has 2 heterocycles. The Hall–Kier alpha value is -2.64. The molecule has 0 radical (unpaired) electrons. The molecule has 0 spiro atoms. The van der Waals surface area contributed by atoms with E-state index in [1.165, 1.54) is 0 Å². The van der Waals surface area contributed by atoms with Gasteiger partial charge in [-0.05, 0) is 49.7 Å². The summed E-state index contributed by atoms with van der Waals surface area (Å²) in [7, 11) is 0. The largest absolute Gasteiger partial charge is 0.456 e. The summed E-state index contributed by atoms with van der Waals surface area (Å²) in [6.07, 6.45) is 1.38. The van der Waals surface area contributed by atoms with Crippen LogP contribution in [0.2, 0.25) is 0 Å². The SMILES string of the molecule is Cc1ccc(C(=O)Nc2ccc(NC(=O)CCN3CCCO3)cc2)o1. The number of rotatable bonds is 6. The number of aryl methyl sites for hydroxylation is 1. The molecule has 1 saturated heterocycles. The first-order chi connectivity index (χ1) is 12.1. The second kappa shape index (κ2) is 7.96. The number of hydrogen-bond acceptors (Lipinski definition) is 5. The van der Waals surface area contributed by atoms with Crippen molar-refractivity contribution in [2.24, 2.45) is 0 Å². The average Bonchev–Trinajstić information content (AvgIpc) is 3.26. The van der Waals surface area contributed by atoms with Gasteiger partial charge in [0.25, 0.3) is 5.91 Å². The lowest BCUT2D eigenvalue weighted by molar-refractivity contribution is -0.126. The molecule has 25 heavy (non-hydrogen) atoms. The van der Waals surface area contributed by atoms with Gasteiger partial charge in [0.05, 0.1) is 6.61 Å². The number of benzene rings is 1. The fraction of sp³-hybridized carbons (Fsp3) is 0.333. The standard InChI is InChI=1S/C18H21N3O4/c1-13-3-8-16(25-13)18(23)20-15-6-4-14(5-7-15)19-17(22)9-11-21-10-2-12-24-21/h3-8H,2,9-12H2,1H3,(H,19,22)(H,20,23). The van der Waals surface area contributed by atoms with E-state index in [0.717, 1.165) is 19.6 Å². The Kier molecular flexibility index (Phi) is 5.47. The van der Waals surface area contributed by atoms with E-state index in [1.807, 2.05) is 5.06 Å². The van der Waals surface area contributed by atoms with Gasteiger partial charge >= 0.3 is 0 Å². The van der Waals surface area contributed by atoms with Gasteiger partial charge in [-0.3, -0.25) is 14.4 Å². The van der Waals surface area contributed by atoms with E-state index in [9.17, 15) is 9.59 Å². The van der Waals surface area contributed by atoms with Crippen LogP contribution in [0.25, 0.3) is 0 Å². The maximum absolute atomic E-state index is 12.0. The van der Waals surface area contributed by atoms with Crippen molar-refractivity contribution in [3.05, 3.63) is 47.9 Å². The number of amides is 2. The van der Waals surface area contributed by atoms with E-state index in [1.54, 1.807) is 43.3 Å². The van der Waals surface area contributed by atoms with Crippen LogP contribution in [-0.2, 0) is 9.63 Å². The predicted octanol–water partition coefficient (Wildman–Crippen LogP) is 2.81. The van der Waals surface area contributed by atoms with Crippen LogP contribution in [0.15, 0.2) is 40.8 Å². The monoisotopic (exact) mass is 343 g/mol. The predicted molar refractivity (Wildman–Crippen MR) is 93.2 cm³/mol. The molecule has 7 nitrogen and oxygen atoms in total. The Bertz CT molecular complexity index is 733. The van der Waals surface area contributed by atoms with Gasteiger partial charge in [0, 0.05) is 30.9 Å². The van der Waals surface area contributed by atoms with Crippen molar-refractivity contribution in [1.82, 2.24) is 5.06 Å². The van der Waals surface area contributed by atoms with Crippen molar-refractivity contribution in [3.8, 4) is 0 Å². The first-order valence-electron chi connectivity index (χ1n) is 8.26. The fourth-order valence-electron chi connectivity index (χ4n) is 2.51. The minimum Gasteiger partial charge on any atom is -0.456 e. The van der Waals surface area contributed by atoms with Gasteiger partial charge in [0.2, 0.25) is 5.91 Å². The van der Waals surface area contributed by atoms with Gasteiger partial charge in [-0.2, -0.15) is 5.06 Å². The normalized spacial score (nSPS) is 14.4. The van der Waals surface area contributed by atoms with Crippen molar-refractivity contribution in [2.45, 2.75) is 19.8 Å². The number of hydrogen-bond donors (Lipinski definition) is 2. The van der Waals surface area contributed by atoms with E-state index >= 15 is 0 Å². The van der Waals surface area contributed by atoms with E-state index < -0.39 is 0 Å². The van der Waals surface area contributed by atoms with Crippen molar-refractivity contribution in [2.75, 3.05) is 30.3 Å². The number of nitrogens with one attached hydrogen (secondary N) is 2. The molecule has 2 N–H and O–H groups in total.